The molecule has 2 aromatic heterocycles. The number of likely N-dealkylation sites (tertiary alicyclic amines) is 1. The second-order valence-electron chi connectivity index (χ2n) is 10.8. The average Bonchev–Trinajstić information content (AvgIpc) is 3.08. The van der Waals surface area contributed by atoms with Gasteiger partial charge >= 0.3 is 0 Å². The number of aliphatic hydroxyl groups is 1. The van der Waals surface area contributed by atoms with Gasteiger partial charge in [-0.2, -0.15) is 4.98 Å². The van der Waals surface area contributed by atoms with Crippen molar-refractivity contribution in [1.29, 1.82) is 0 Å². The number of hydrogen-bond acceptors (Lipinski definition) is 8. The Labute approximate surface area is 192 Å². The lowest BCUT2D eigenvalue weighted by Gasteiger charge is -2.35. The van der Waals surface area contributed by atoms with Gasteiger partial charge in [-0.05, 0) is 39.0 Å². The smallest absolute Gasteiger partial charge is 0.251 e. The van der Waals surface area contributed by atoms with Crippen molar-refractivity contribution in [1.82, 2.24) is 35.4 Å². The Kier molecular flexibility index (Phi) is 5.80. The summed E-state index contributed by atoms with van der Waals surface area (Å²) in [4.78, 5) is 32.7. The van der Waals surface area contributed by atoms with Crippen LogP contribution >= 0.6 is 0 Å². The van der Waals surface area contributed by atoms with E-state index in [1.165, 1.54) is 4.90 Å². The number of aromatic nitrogens is 5. The first-order valence-electron chi connectivity index (χ1n) is 11.4. The zero-order chi connectivity index (χ0) is 24.1. The van der Waals surface area contributed by atoms with Crippen molar-refractivity contribution in [3.8, 4) is 0 Å². The number of aryl methyl sites for hydroxylation is 1. The molecule has 3 heterocycles. The Hall–Kier alpha value is -2.82. The highest BCUT2D eigenvalue weighted by Crippen LogP contribution is 2.40. The van der Waals surface area contributed by atoms with Gasteiger partial charge in [0.15, 0.2) is 5.82 Å². The molecule has 0 radical (unpaired) electrons. The van der Waals surface area contributed by atoms with E-state index in [4.69, 9.17) is 4.52 Å². The number of amides is 2. The van der Waals surface area contributed by atoms with Crippen molar-refractivity contribution < 1.29 is 19.2 Å². The number of aliphatic hydroxyl groups excluding tert-OH is 1. The molecule has 11 heteroatoms. The van der Waals surface area contributed by atoms with E-state index >= 15 is 0 Å². The molecular formula is C22H33N7O4. The lowest BCUT2D eigenvalue weighted by atomic mass is 9.85. The number of nitrogens with zero attached hydrogens (tertiary/aromatic N) is 6. The van der Waals surface area contributed by atoms with Crippen LogP contribution < -0.4 is 5.32 Å². The van der Waals surface area contributed by atoms with Crippen LogP contribution in [0.3, 0.4) is 0 Å². The van der Waals surface area contributed by atoms with Crippen LogP contribution in [-0.2, 0) is 15.1 Å². The molecule has 1 aliphatic heterocycles. The SMILES string of the molecule is Cc1noc(C(C)(C)NC(=O)C2CC(O)CN2C(=O)[C@@H](n2cc(C3CC3)nn2)C(C)(C)C)n1. The third-order valence-corrected chi connectivity index (χ3v) is 6.21. The topological polar surface area (TPSA) is 139 Å². The lowest BCUT2D eigenvalue weighted by molar-refractivity contribution is -0.144. The molecule has 1 aliphatic carbocycles. The van der Waals surface area contributed by atoms with Crippen LogP contribution in [0.25, 0.3) is 0 Å². The minimum atomic E-state index is -0.935. The molecule has 180 valence electrons. The van der Waals surface area contributed by atoms with Gasteiger partial charge in [-0.3, -0.25) is 9.59 Å². The Bertz CT molecular complexity index is 1030. The fraction of sp³-hybridized carbons (Fsp3) is 0.727. The third kappa shape index (κ3) is 4.78. The van der Waals surface area contributed by atoms with Crippen molar-refractivity contribution in [3.63, 3.8) is 0 Å². The van der Waals surface area contributed by atoms with E-state index < -0.39 is 29.1 Å². The maximum atomic E-state index is 13.8. The minimum absolute atomic E-state index is 0.0772. The average molecular weight is 460 g/mol. The van der Waals surface area contributed by atoms with Gasteiger partial charge in [-0.25, -0.2) is 4.68 Å². The summed E-state index contributed by atoms with van der Waals surface area (Å²) >= 11 is 0. The van der Waals surface area contributed by atoms with Gasteiger partial charge in [0.25, 0.3) is 5.89 Å². The second kappa shape index (κ2) is 8.19. The fourth-order valence-corrected chi connectivity index (χ4v) is 4.32. The molecule has 1 saturated carbocycles. The highest BCUT2D eigenvalue weighted by molar-refractivity contribution is 5.90. The molecule has 0 bridgehead atoms. The van der Waals surface area contributed by atoms with E-state index in [1.54, 1.807) is 25.5 Å². The van der Waals surface area contributed by atoms with Crippen molar-refractivity contribution in [2.75, 3.05) is 6.54 Å². The Morgan fingerprint density at radius 2 is 1.94 bits per heavy atom. The largest absolute Gasteiger partial charge is 0.391 e. The number of rotatable bonds is 6. The van der Waals surface area contributed by atoms with Gasteiger partial charge < -0.3 is 19.8 Å². The van der Waals surface area contributed by atoms with Crippen molar-refractivity contribution in [2.45, 2.75) is 90.4 Å². The van der Waals surface area contributed by atoms with E-state index in [1.807, 2.05) is 27.0 Å². The van der Waals surface area contributed by atoms with Gasteiger partial charge in [0.2, 0.25) is 11.8 Å². The minimum Gasteiger partial charge on any atom is -0.391 e. The van der Waals surface area contributed by atoms with E-state index in [-0.39, 0.29) is 30.7 Å². The quantitative estimate of drug-likeness (QED) is 0.662. The summed E-state index contributed by atoms with van der Waals surface area (Å²) in [6.07, 6.45) is 3.37. The Balaban J connectivity index is 1.57. The monoisotopic (exact) mass is 459 g/mol. The zero-order valence-electron chi connectivity index (χ0n) is 20.1. The van der Waals surface area contributed by atoms with Crippen LogP contribution in [0.2, 0.25) is 0 Å². The Morgan fingerprint density at radius 1 is 1.24 bits per heavy atom. The maximum absolute atomic E-state index is 13.8. The van der Waals surface area contributed by atoms with Crippen LogP contribution in [0.1, 0.15) is 83.2 Å². The molecule has 1 saturated heterocycles. The molecule has 11 nitrogen and oxygen atoms in total. The van der Waals surface area contributed by atoms with Crippen LogP contribution in [0.5, 0.6) is 0 Å². The molecule has 2 aromatic rings. The van der Waals surface area contributed by atoms with Gasteiger partial charge in [-0.15, -0.1) is 5.10 Å². The first kappa shape index (κ1) is 23.3. The highest BCUT2D eigenvalue weighted by atomic mass is 16.5. The van der Waals surface area contributed by atoms with E-state index in [0.717, 1.165) is 18.5 Å². The van der Waals surface area contributed by atoms with Crippen LogP contribution in [-0.4, -0.2) is 65.6 Å². The second-order valence-corrected chi connectivity index (χ2v) is 10.8. The maximum Gasteiger partial charge on any atom is 0.251 e. The van der Waals surface area contributed by atoms with Crippen molar-refractivity contribution >= 4 is 11.8 Å². The molecule has 0 spiro atoms. The predicted octanol–water partition coefficient (Wildman–Crippen LogP) is 1.45. The van der Waals surface area contributed by atoms with Crippen molar-refractivity contribution in [3.05, 3.63) is 23.6 Å². The molecular weight excluding hydrogens is 426 g/mol. The number of carbonyl (C=O) groups excluding carboxylic acids is 2. The number of carbonyl (C=O) groups is 2. The molecule has 2 fully saturated rings. The third-order valence-electron chi connectivity index (χ3n) is 6.21. The summed E-state index contributed by atoms with van der Waals surface area (Å²) in [5.74, 6) is 0.500. The van der Waals surface area contributed by atoms with Gasteiger partial charge in [0.05, 0.1) is 11.8 Å². The Morgan fingerprint density at radius 3 is 2.52 bits per heavy atom. The fourth-order valence-electron chi connectivity index (χ4n) is 4.32. The number of hydrogen-bond donors (Lipinski definition) is 2. The molecule has 2 unspecified atom stereocenters. The summed E-state index contributed by atoms with van der Waals surface area (Å²) in [5.41, 5.74) is -0.528. The molecule has 2 N–H and O–H groups in total. The van der Waals surface area contributed by atoms with Crippen LogP contribution in [0, 0.1) is 12.3 Å². The van der Waals surface area contributed by atoms with Crippen LogP contribution in [0.15, 0.2) is 10.7 Å². The molecule has 2 aliphatic rings. The summed E-state index contributed by atoms with van der Waals surface area (Å²) in [5, 5.41) is 25.6. The van der Waals surface area contributed by atoms with Gasteiger partial charge in [0, 0.05) is 25.1 Å². The first-order valence-corrected chi connectivity index (χ1v) is 11.4. The molecule has 3 atom stereocenters. The highest BCUT2D eigenvalue weighted by Gasteiger charge is 2.46. The van der Waals surface area contributed by atoms with Crippen molar-refractivity contribution in [2.24, 2.45) is 5.41 Å². The van der Waals surface area contributed by atoms with Crippen LogP contribution in [0.4, 0.5) is 0 Å². The summed E-state index contributed by atoms with van der Waals surface area (Å²) in [7, 11) is 0. The van der Waals surface area contributed by atoms with Gasteiger partial charge in [-0.1, -0.05) is 31.1 Å². The first-order chi connectivity index (χ1) is 15.4. The van der Waals surface area contributed by atoms with Gasteiger partial charge in [0.1, 0.15) is 17.6 Å². The summed E-state index contributed by atoms with van der Waals surface area (Å²) in [6.45, 7) is 11.1. The molecule has 4 rings (SSSR count). The number of nitrogens with one attached hydrogen (secondary N) is 1. The normalized spacial score (nSPS) is 22.5. The van der Waals surface area contributed by atoms with E-state index in [0.29, 0.717) is 11.7 Å². The summed E-state index contributed by atoms with van der Waals surface area (Å²) in [6, 6.07) is -1.49. The van der Waals surface area contributed by atoms with E-state index in [9.17, 15) is 14.7 Å². The summed E-state index contributed by atoms with van der Waals surface area (Å²) < 4.78 is 6.84. The molecule has 33 heavy (non-hydrogen) atoms. The number of β-amino-alcohol motifs (C(OH)–C–C–N with tert-alkyl or cyclic N) is 1. The zero-order valence-corrected chi connectivity index (χ0v) is 20.1. The molecule has 0 aromatic carbocycles. The lowest BCUT2D eigenvalue weighted by Crippen LogP contribution is -2.53. The predicted molar refractivity (Wildman–Crippen MR) is 117 cm³/mol. The molecule has 2 amide bonds. The van der Waals surface area contributed by atoms with E-state index in [2.05, 4.69) is 25.8 Å². The standard InChI is InChI=1S/C22H33N7O4/c1-12-23-20(33-26-12)22(5,6)24-18(31)16-9-14(30)10-28(16)19(32)17(21(2,3)4)29-11-15(25-27-29)13-7-8-13/h11,13-14,16-17,30H,7-10H2,1-6H3,(H,24,31)/t14?,16?,17-/m1/s1.